The number of hydrogen-bond acceptors (Lipinski definition) is 4. The molecule has 1 aliphatic heterocycles. The molecule has 2 aliphatic rings. The number of nitrogens with one attached hydrogen (secondary N) is 1. The molecule has 140 valence electrons. The van der Waals surface area contributed by atoms with E-state index in [0.717, 1.165) is 16.9 Å². The molecule has 0 aromatic heterocycles. The number of rotatable bonds is 6. The largest absolute Gasteiger partial charge is 0.454 e. The summed E-state index contributed by atoms with van der Waals surface area (Å²) < 4.78 is 10.6. The molecule has 2 aromatic rings. The fourth-order valence-electron chi connectivity index (χ4n) is 3.35. The molecule has 0 bridgehead atoms. The number of nitrogens with zero attached hydrogens (tertiary/aromatic N) is 1. The standard InChI is InChI=1S/C21H22N2O4/c1-23(12-14-5-3-2-4-6-14)21(25)17-10-16(17)20(24)22-11-15-7-8-18-19(9-15)27-13-26-18/h2-9,16-17H,10-13H2,1H3,(H,22,24). The maximum atomic E-state index is 12.5. The molecule has 2 unspecified atom stereocenters. The number of benzene rings is 2. The molecule has 0 saturated heterocycles. The van der Waals surface area contributed by atoms with Crippen LogP contribution in [0.15, 0.2) is 48.5 Å². The SMILES string of the molecule is CN(Cc1ccccc1)C(=O)C1CC1C(=O)NCc1ccc2c(c1)OCO2. The third-order valence-electron chi connectivity index (χ3n) is 4.99. The fourth-order valence-corrected chi connectivity index (χ4v) is 3.35. The highest BCUT2D eigenvalue weighted by atomic mass is 16.7. The van der Waals surface area contributed by atoms with Crippen LogP contribution in [0.3, 0.4) is 0 Å². The van der Waals surface area contributed by atoms with E-state index in [4.69, 9.17) is 9.47 Å². The molecule has 0 spiro atoms. The zero-order valence-corrected chi connectivity index (χ0v) is 15.2. The molecular formula is C21H22N2O4. The lowest BCUT2D eigenvalue weighted by atomic mass is 10.2. The number of carbonyl (C=O) groups is 2. The maximum absolute atomic E-state index is 12.5. The second-order valence-corrected chi connectivity index (χ2v) is 7.03. The van der Waals surface area contributed by atoms with Gasteiger partial charge >= 0.3 is 0 Å². The molecule has 6 heteroatoms. The minimum atomic E-state index is -0.232. The van der Waals surface area contributed by atoms with E-state index >= 15 is 0 Å². The molecule has 1 heterocycles. The van der Waals surface area contributed by atoms with Crippen molar-refractivity contribution in [1.29, 1.82) is 0 Å². The van der Waals surface area contributed by atoms with Gasteiger partial charge in [-0.3, -0.25) is 9.59 Å². The third kappa shape index (κ3) is 3.89. The van der Waals surface area contributed by atoms with Crippen LogP contribution in [0.2, 0.25) is 0 Å². The van der Waals surface area contributed by atoms with E-state index in [1.165, 1.54) is 0 Å². The summed E-state index contributed by atoms with van der Waals surface area (Å²) in [5, 5.41) is 2.92. The minimum Gasteiger partial charge on any atom is -0.454 e. The molecule has 1 N–H and O–H groups in total. The summed E-state index contributed by atoms with van der Waals surface area (Å²) in [4.78, 5) is 26.6. The highest BCUT2D eigenvalue weighted by Crippen LogP contribution is 2.40. The van der Waals surface area contributed by atoms with Crippen molar-refractivity contribution in [2.75, 3.05) is 13.8 Å². The van der Waals surface area contributed by atoms with Gasteiger partial charge in [0.05, 0.1) is 11.8 Å². The molecular weight excluding hydrogens is 344 g/mol. The van der Waals surface area contributed by atoms with E-state index in [1.807, 2.05) is 48.5 Å². The van der Waals surface area contributed by atoms with E-state index in [9.17, 15) is 9.59 Å². The molecule has 1 saturated carbocycles. The summed E-state index contributed by atoms with van der Waals surface area (Å²) in [6.45, 7) is 1.20. The van der Waals surface area contributed by atoms with Crippen molar-refractivity contribution in [3.05, 3.63) is 59.7 Å². The van der Waals surface area contributed by atoms with E-state index in [2.05, 4.69) is 5.32 Å². The Morgan fingerprint density at radius 2 is 1.81 bits per heavy atom. The van der Waals surface area contributed by atoms with Crippen LogP contribution in [0.1, 0.15) is 17.5 Å². The van der Waals surface area contributed by atoms with Crippen LogP contribution in [-0.4, -0.2) is 30.6 Å². The fraction of sp³-hybridized carbons (Fsp3) is 0.333. The predicted octanol–water partition coefficient (Wildman–Crippen LogP) is 2.33. The van der Waals surface area contributed by atoms with Crippen molar-refractivity contribution < 1.29 is 19.1 Å². The van der Waals surface area contributed by atoms with Crippen LogP contribution in [-0.2, 0) is 22.7 Å². The Balaban J connectivity index is 1.26. The summed E-state index contributed by atoms with van der Waals surface area (Å²) in [5.74, 6) is 0.935. The van der Waals surface area contributed by atoms with Gasteiger partial charge in [0, 0.05) is 20.1 Å². The lowest BCUT2D eigenvalue weighted by Gasteiger charge is -2.17. The van der Waals surface area contributed by atoms with Gasteiger partial charge in [-0.05, 0) is 29.7 Å². The number of ether oxygens (including phenoxy) is 2. The van der Waals surface area contributed by atoms with Crippen molar-refractivity contribution in [2.24, 2.45) is 11.8 Å². The zero-order valence-electron chi connectivity index (χ0n) is 15.2. The summed E-state index contributed by atoms with van der Waals surface area (Å²) in [6.07, 6.45) is 0.616. The number of amides is 2. The van der Waals surface area contributed by atoms with Gasteiger partial charge in [0.1, 0.15) is 0 Å². The van der Waals surface area contributed by atoms with E-state index < -0.39 is 0 Å². The van der Waals surface area contributed by atoms with Crippen molar-refractivity contribution in [1.82, 2.24) is 10.2 Å². The molecule has 6 nitrogen and oxygen atoms in total. The van der Waals surface area contributed by atoms with Crippen molar-refractivity contribution in [2.45, 2.75) is 19.5 Å². The summed E-state index contributed by atoms with van der Waals surface area (Å²) in [7, 11) is 1.79. The van der Waals surface area contributed by atoms with Crippen LogP contribution in [0, 0.1) is 11.8 Å². The molecule has 2 atom stereocenters. The van der Waals surface area contributed by atoms with Crippen molar-refractivity contribution in [3.8, 4) is 11.5 Å². The average molecular weight is 366 g/mol. The lowest BCUT2D eigenvalue weighted by Crippen LogP contribution is -2.31. The average Bonchev–Trinajstić information content (AvgIpc) is 3.35. The van der Waals surface area contributed by atoms with Gasteiger partial charge in [-0.25, -0.2) is 0 Å². The minimum absolute atomic E-state index is 0.0297. The van der Waals surface area contributed by atoms with E-state index in [-0.39, 0.29) is 30.4 Å². The van der Waals surface area contributed by atoms with Crippen molar-refractivity contribution in [3.63, 3.8) is 0 Å². The van der Waals surface area contributed by atoms with Gasteiger partial charge in [-0.2, -0.15) is 0 Å². The van der Waals surface area contributed by atoms with Crippen LogP contribution in [0.5, 0.6) is 11.5 Å². The molecule has 2 amide bonds. The second kappa shape index (κ2) is 7.31. The molecule has 1 aliphatic carbocycles. The Morgan fingerprint density at radius 3 is 2.63 bits per heavy atom. The highest BCUT2D eigenvalue weighted by molar-refractivity contribution is 5.92. The smallest absolute Gasteiger partial charge is 0.231 e. The van der Waals surface area contributed by atoms with E-state index in [0.29, 0.717) is 25.3 Å². The molecule has 27 heavy (non-hydrogen) atoms. The first-order valence-corrected chi connectivity index (χ1v) is 9.07. The normalized spacial score (nSPS) is 19.4. The van der Waals surface area contributed by atoms with Crippen LogP contribution < -0.4 is 14.8 Å². The Labute approximate surface area is 158 Å². The second-order valence-electron chi connectivity index (χ2n) is 7.03. The summed E-state index contributed by atoms with van der Waals surface area (Å²) in [5.41, 5.74) is 2.02. The quantitative estimate of drug-likeness (QED) is 0.852. The monoisotopic (exact) mass is 366 g/mol. The maximum Gasteiger partial charge on any atom is 0.231 e. The van der Waals surface area contributed by atoms with Crippen molar-refractivity contribution >= 4 is 11.8 Å². The van der Waals surface area contributed by atoms with Crippen LogP contribution in [0.4, 0.5) is 0 Å². The van der Waals surface area contributed by atoms with Gasteiger partial charge in [-0.1, -0.05) is 36.4 Å². The number of hydrogen-bond donors (Lipinski definition) is 1. The Hall–Kier alpha value is -3.02. The lowest BCUT2D eigenvalue weighted by molar-refractivity contribution is -0.134. The third-order valence-corrected chi connectivity index (χ3v) is 4.99. The Morgan fingerprint density at radius 1 is 1.04 bits per heavy atom. The molecule has 4 rings (SSSR count). The van der Waals surface area contributed by atoms with Gasteiger partial charge in [0.15, 0.2) is 11.5 Å². The van der Waals surface area contributed by atoms with Gasteiger partial charge in [0.25, 0.3) is 0 Å². The molecule has 1 fully saturated rings. The predicted molar refractivity (Wildman–Crippen MR) is 98.9 cm³/mol. The summed E-state index contributed by atoms with van der Waals surface area (Å²) in [6, 6.07) is 15.5. The summed E-state index contributed by atoms with van der Waals surface area (Å²) >= 11 is 0. The number of carbonyl (C=O) groups excluding carboxylic acids is 2. The van der Waals surface area contributed by atoms with E-state index in [1.54, 1.807) is 11.9 Å². The topological polar surface area (TPSA) is 67.9 Å². The van der Waals surface area contributed by atoms with Gasteiger partial charge in [-0.15, -0.1) is 0 Å². The van der Waals surface area contributed by atoms with Crippen LogP contribution in [0.25, 0.3) is 0 Å². The van der Waals surface area contributed by atoms with Gasteiger partial charge < -0.3 is 19.7 Å². The molecule has 0 radical (unpaired) electrons. The highest BCUT2D eigenvalue weighted by Gasteiger charge is 2.48. The van der Waals surface area contributed by atoms with Crippen LogP contribution >= 0.6 is 0 Å². The first-order chi connectivity index (χ1) is 13.1. The first-order valence-electron chi connectivity index (χ1n) is 9.07. The number of fused-ring (bicyclic) bond motifs is 1. The Kier molecular flexibility index (Phi) is 4.71. The zero-order chi connectivity index (χ0) is 18.8. The first kappa shape index (κ1) is 17.4. The van der Waals surface area contributed by atoms with Gasteiger partial charge in [0.2, 0.25) is 18.6 Å². The Bertz CT molecular complexity index is 853. The molecule has 2 aromatic carbocycles.